The molecule has 1 aromatic carbocycles. The molecular formula is C19H26ClIN4O2. The molecule has 0 aliphatic rings. The molecule has 0 saturated carbocycles. The molecule has 0 atom stereocenters. The zero-order chi connectivity index (χ0) is 18.8. The van der Waals surface area contributed by atoms with Crippen LogP contribution >= 0.6 is 35.6 Å². The van der Waals surface area contributed by atoms with Crippen LogP contribution < -0.4 is 20.1 Å². The van der Waals surface area contributed by atoms with E-state index in [0.717, 1.165) is 42.3 Å². The topological polar surface area (TPSA) is 67.8 Å². The molecule has 0 saturated heterocycles. The number of methoxy groups -OCH3 is 2. The quantitative estimate of drug-likeness (QED) is 0.326. The Morgan fingerprint density at radius 3 is 2.56 bits per heavy atom. The number of pyridine rings is 1. The lowest BCUT2D eigenvalue weighted by atomic mass is 10.1. The minimum atomic E-state index is 0. The number of nitrogens with one attached hydrogen (secondary N) is 2. The van der Waals surface area contributed by atoms with Crippen molar-refractivity contribution in [1.82, 2.24) is 15.6 Å². The molecule has 0 radical (unpaired) electrons. The van der Waals surface area contributed by atoms with Gasteiger partial charge in [-0.1, -0.05) is 23.7 Å². The zero-order valence-corrected chi connectivity index (χ0v) is 18.9. The zero-order valence-electron chi connectivity index (χ0n) is 15.8. The second kappa shape index (κ2) is 12.6. The number of nitrogens with zero attached hydrogens (tertiary/aromatic N) is 2. The van der Waals surface area contributed by atoms with Crippen LogP contribution in [0.4, 0.5) is 0 Å². The van der Waals surface area contributed by atoms with Crippen LogP contribution in [0.1, 0.15) is 18.1 Å². The Bertz CT molecular complexity index is 726. The highest BCUT2D eigenvalue weighted by atomic mass is 127. The van der Waals surface area contributed by atoms with Gasteiger partial charge in [-0.3, -0.25) is 0 Å². The van der Waals surface area contributed by atoms with Crippen molar-refractivity contribution >= 4 is 41.5 Å². The third kappa shape index (κ3) is 7.80. The summed E-state index contributed by atoms with van der Waals surface area (Å²) in [5.41, 5.74) is 2.08. The van der Waals surface area contributed by atoms with E-state index in [1.807, 2.05) is 37.3 Å². The number of aromatic nitrogens is 1. The lowest BCUT2D eigenvalue weighted by Crippen LogP contribution is -2.38. The van der Waals surface area contributed by atoms with E-state index in [4.69, 9.17) is 21.1 Å². The van der Waals surface area contributed by atoms with Gasteiger partial charge in [-0.15, -0.1) is 24.0 Å². The van der Waals surface area contributed by atoms with E-state index in [-0.39, 0.29) is 24.0 Å². The van der Waals surface area contributed by atoms with Crippen LogP contribution in [0.3, 0.4) is 0 Å². The molecule has 0 unspecified atom stereocenters. The summed E-state index contributed by atoms with van der Waals surface area (Å²) in [7, 11) is 3.23. The molecule has 0 aliphatic carbocycles. The number of ether oxygens (including phenoxy) is 2. The summed E-state index contributed by atoms with van der Waals surface area (Å²) in [5.74, 6) is 2.11. The van der Waals surface area contributed by atoms with Gasteiger partial charge in [-0.2, -0.15) is 0 Å². The smallest absolute Gasteiger partial charge is 0.212 e. The van der Waals surface area contributed by atoms with E-state index in [0.29, 0.717) is 17.4 Å². The molecule has 27 heavy (non-hydrogen) atoms. The van der Waals surface area contributed by atoms with Gasteiger partial charge in [0.25, 0.3) is 0 Å². The average Bonchev–Trinajstić information content (AvgIpc) is 2.67. The molecule has 2 N–H and O–H groups in total. The maximum absolute atomic E-state index is 6.28. The average molecular weight is 505 g/mol. The third-order valence-corrected chi connectivity index (χ3v) is 4.07. The van der Waals surface area contributed by atoms with Crippen molar-refractivity contribution in [3.63, 3.8) is 0 Å². The van der Waals surface area contributed by atoms with Crippen LogP contribution in [0.2, 0.25) is 5.02 Å². The monoisotopic (exact) mass is 504 g/mol. The van der Waals surface area contributed by atoms with Crippen molar-refractivity contribution in [3.05, 3.63) is 52.7 Å². The van der Waals surface area contributed by atoms with Gasteiger partial charge in [0.05, 0.1) is 20.8 Å². The molecule has 2 rings (SSSR count). The minimum Gasteiger partial charge on any atom is -0.497 e. The fourth-order valence-corrected chi connectivity index (χ4v) is 2.58. The van der Waals surface area contributed by atoms with Crippen LogP contribution in [0.25, 0.3) is 0 Å². The Labute approximate surface area is 182 Å². The van der Waals surface area contributed by atoms with Gasteiger partial charge in [0.15, 0.2) is 5.96 Å². The molecule has 6 nitrogen and oxygen atoms in total. The summed E-state index contributed by atoms with van der Waals surface area (Å²) in [6.45, 7) is 4.08. The predicted octanol–water partition coefficient (Wildman–Crippen LogP) is 3.67. The van der Waals surface area contributed by atoms with E-state index in [1.54, 1.807) is 20.4 Å². The molecule has 0 fully saturated rings. The number of halogens is 2. The van der Waals surface area contributed by atoms with Gasteiger partial charge >= 0.3 is 0 Å². The van der Waals surface area contributed by atoms with Crippen LogP contribution in [0.5, 0.6) is 11.6 Å². The maximum atomic E-state index is 6.28. The standard InChI is InChI=1S/C19H25ClN4O2.HI/c1-4-21-19(24-13-14-5-8-18(26-3)23-12-14)22-10-9-15-6-7-16(25-2)11-17(15)20;/h5-8,11-12H,4,9-10,13H2,1-3H3,(H2,21,22,24);1H. The van der Waals surface area contributed by atoms with Crippen molar-refractivity contribution in [2.75, 3.05) is 27.3 Å². The molecule has 148 valence electrons. The summed E-state index contributed by atoms with van der Waals surface area (Å²) < 4.78 is 10.2. The van der Waals surface area contributed by atoms with Crippen molar-refractivity contribution in [1.29, 1.82) is 0 Å². The molecule has 0 amide bonds. The third-order valence-electron chi connectivity index (χ3n) is 3.72. The second-order valence-corrected chi connectivity index (χ2v) is 5.95. The van der Waals surface area contributed by atoms with Gasteiger partial charge in [0.1, 0.15) is 5.75 Å². The predicted molar refractivity (Wildman–Crippen MR) is 121 cm³/mol. The van der Waals surface area contributed by atoms with Crippen molar-refractivity contribution in [3.8, 4) is 11.6 Å². The molecule has 0 spiro atoms. The number of rotatable bonds is 8. The van der Waals surface area contributed by atoms with E-state index in [2.05, 4.69) is 20.6 Å². The Kier molecular flexibility index (Phi) is 10.9. The summed E-state index contributed by atoms with van der Waals surface area (Å²) in [6.07, 6.45) is 2.56. The van der Waals surface area contributed by atoms with Gasteiger partial charge in [-0.25, -0.2) is 9.98 Å². The van der Waals surface area contributed by atoms with Crippen molar-refractivity contribution in [2.24, 2.45) is 4.99 Å². The van der Waals surface area contributed by atoms with Crippen molar-refractivity contribution < 1.29 is 9.47 Å². The fourth-order valence-electron chi connectivity index (χ4n) is 2.31. The normalized spacial score (nSPS) is 10.7. The van der Waals surface area contributed by atoms with Crippen LogP contribution in [0.15, 0.2) is 41.5 Å². The molecule has 1 heterocycles. The highest BCUT2D eigenvalue weighted by Gasteiger charge is 2.04. The first-order valence-electron chi connectivity index (χ1n) is 8.49. The number of guanidine groups is 1. The van der Waals surface area contributed by atoms with Crippen LogP contribution in [0, 0.1) is 0 Å². The Balaban J connectivity index is 0.00000364. The van der Waals surface area contributed by atoms with Gasteiger partial charge in [-0.05, 0) is 36.6 Å². The van der Waals surface area contributed by atoms with Gasteiger partial charge < -0.3 is 20.1 Å². The largest absolute Gasteiger partial charge is 0.497 e. The lowest BCUT2D eigenvalue weighted by Gasteiger charge is -2.12. The minimum absolute atomic E-state index is 0. The summed E-state index contributed by atoms with van der Waals surface area (Å²) in [5, 5.41) is 7.26. The van der Waals surface area contributed by atoms with E-state index >= 15 is 0 Å². The maximum Gasteiger partial charge on any atom is 0.212 e. The Hall–Kier alpha value is -1.74. The Morgan fingerprint density at radius 2 is 1.96 bits per heavy atom. The molecular weight excluding hydrogens is 479 g/mol. The Morgan fingerprint density at radius 1 is 1.15 bits per heavy atom. The lowest BCUT2D eigenvalue weighted by molar-refractivity contribution is 0.397. The molecule has 0 aliphatic heterocycles. The highest BCUT2D eigenvalue weighted by molar-refractivity contribution is 14.0. The highest BCUT2D eigenvalue weighted by Crippen LogP contribution is 2.22. The molecule has 8 heteroatoms. The summed E-state index contributed by atoms with van der Waals surface area (Å²) in [6, 6.07) is 9.51. The van der Waals surface area contributed by atoms with Gasteiger partial charge in [0.2, 0.25) is 5.88 Å². The summed E-state index contributed by atoms with van der Waals surface area (Å²) >= 11 is 6.28. The van der Waals surface area contributed by atoms with E-state index in [1.165, 1.54) is 0 Å². The molecule has 0 bridgehead atoms. The second-order valence-electron chi connectivity index (χ2n) is 5.54. The number of aliphatic imine (C=N–C) groups is 1. The first-order chi connectivity index (χ1) is 12.7. The van der Waals surface area contributed by atoms with Crippen LogP contribution in [-0.2, 0) is 13.0 Å². The number of hydrogen-bond donors (Lipinski definition) is 2. The SMILES string of the molecule is CCNC(=NCc1ccc(OC)nc1)NCCc1ccc(OC)cc1Cl.I. The fraction of sp³-hybridized carbons (Fsp3) is 0.368. The number of benzene rings is 1. The van der Waals surface area contributed by atoms with E-state index < -0.39 is 0 Å². The van der Waals surface area contributed by atoms with Crippen molar-refractivity contribution in [2.45, 2.75) is 19.9 Å². The first-order valence-corrected chi connectivity index (χ1v) is 8.87. The van der Waals surface area contributed by atoms with Crippen LogP contribution in [-0.4, -0.2) is 38.3 Å². The number of hydrogen-bond acceptors (Lipinski definition) is 4. The van der Waals surface area contributed by atoms with Gasteiger partial charge in [0, 0.05) is 30.4 Å². The first kappa shape index (κ1) is 23.3. The summed E-state index contributed by atoms with van der Waals surface area (Å²) in [4.78, 5) is 8.77. The molecule has 1 aromatic heterocycles. The van der Waals surface area contributed by atoms with E-state index in [9.17, 15) is 0 Å². The molecule has 2 aromatic rings.